The Morgan fingerprint density at radius 2 is 2.10 bits per heavy atom. The molecule has 20 heavy (non-hydrogen) atoms. The number of hydrogen-bond donors (Lipinski definition) is 0. The lowest BCUT2D eigenvalue weighted by atomic mass is 9.99. The summed E-state index contributed by atoms with van der Waals surface area (Å²) >= 11 is 0. The average molecular weight is 300 g/mol. The Kier molecular flexibility index (Phi) is 4.54. The first-order valence-corrected chi connectivity index (χ1v) is 8.86. The minimum atomic E-state index is -3.31. The molecule has 1 fully saturated rings. The van der Waals surface area contributed by atoms with E-state index in [1.165, 1.54) is 0 Å². The summed E-state index contributed by atoms with van der Waals surface area (Å²) in [6, 6.07) is 0.472. The molecule has 1 aromatic rings. The molecule has 5 nitrogen and oxygen atoms in total. The standard InChI is InChI=1S/C14H24N2O3S/c1-10(2)16-7-5-6-13(8-16)9-20(17,18)14-11(3)15-19-12(14)4/h10,13H,5-9H2,1-4H3/t13-/m1/s1. The largest absolute Gasteiger partial charge is 0.360 e. The van der Waals surface area contributed by atoms with E-state index in [2.05, 4.69) is 23.9 Å². The van der Waals surface area contributed by atoms with Gasteiger partial charge in [0.25, 0.3) is 0 Å². The Bertz CT molecular complexity index is 543. The molecule has 0 radical (unpaired) electrons. The van der Waals surface area contributed by atoms with Crippen LogP contribution in [-0.2, 0) is 9.84 Å². The van der Waals surface area contributed by atoms with Crippen LogP contribution in [0.3, 0.4) is 0 Å². The van der Waals surface area contributed by atoms with E-state index in [4.69, 9.17) is 4.52 Å². The molecule has 0 unspecified atom stereocenters. The van der Waals surface area contributed by atoms with E-state index in [0.717, 1.165) is 25.9 Å². The molecule has 114 valence electrons. The Balaban J connectivity index is 2.13. The number of hydrogen-bond acceptors (Lipinski definition) is 5. The molecule has 0 bridgehead atoms. The molecule has 1 aromatic heterocycles. The van der Waals surface area contributed by atoms with E-state index < -0.39 is 9.84 Å². The van der Waals surface area contributed by atoms with Gasteiger partial charge in [0.05, 0.1) is 11.4 Å². The van der Waals surface area contributed by atoms with E-state index in [9.17, 15) is 8.42 Å². The van der Waals surface area contributed by atoms with Crippen LogP contribution in [0.2, 0.25) is 0 Å². The van der Waals surface area contributed by atoms with Gasteiger partial charge in [0, 0.05) is 12.6 Å². The number of rotatable bonds is 4. The quantitative estimate of drug-likeness (QED) is 0.853. The van der Waals surface area contributed by atoms with Crippen molar-refractivity contribution in [3.05, 3.63) is 11.5 Å². The van der Waals surface area contributed by atoms with E-state index in [0.29, 0.717) is 22.4 Å². The second kappa shape index (κ2) is 5.85. The van der Waals surface area contributed by atoms with Crippen LogP contribution in [0, 0.1) is 19.8 Å². The fourth-order valence-corrected chi connectivity index (χ4v) is 5.04. The molecule has 1 aliphatic rings. The summed E-state index contributed by atoms with van der Waals surface area (Å²) in [5, 5.41) is 3.75. The van der Waals surface area contributed by atoms with E-state index in [1.54, 1.807) is 13.8 Å². The van der Waals surface area contributed by atoms with Crippen LogP contribution in [0.1, 0.15) is 38.1 Å². The van der Waals surface area contributed by atoms with Crippen molar-refractivity contribution in [3.63, 3.8) is 0 Å². The predicted octanol–water partition coefficient (Wildman–Crippen LogP) is 2.19. The average Bonchev–Trinajstić information content (AvgIpc) is 2.69. The van der Waals surface area contributed by atoms with Crippen molar-refractivity contribution in [1.29, 1.82) is 0 Å². The minimum Gasteiger partial charge on any atom is -0.360 e. The van der Waals surface area contributed by atoms with Crippen molar-refractivity contribution >= 4 is 9.84 Å². The van der Waals surface area contributed by atoms with Crippen molar-refractivity contribution < 1.29 is 12.9 Å². The third-order valence-corrected chi connectivity index (χ3v) is 6.13. The number of piperidine rings is 1. The van der Waals surface area contributed by atoms with Gasteiger partial charge in [0.1, 0.15) is 4.90 Å². The SMILES string of the molecule is Cc1noc(C)c1S(=O)(=O)C[C@@H]1CCCN(C(C)C)C1. The summed E-state index contributed by atoms with van der Waals surface area (Å²) in [5.41, 5.74) is 0.471. The second-order valence-electron chi connectivity index (χ2n) is 6.03. The van der Waals surface area contributed by atoms with Crippen molar-refractivity contribution in [2.45, 2.75) is 51.5 Å². The Hall–Kier alpha value is -0.880. The predicted molar refractivity (Wildman–Crippen MR) is 77.5 cm³/mol. The van der Waals surface area contributed by atoms with Crippen LogP contribution in [0.5, 0.6) is 0 Å². The molecular formula is C14H24N2O3S. The highest BCUT2D eigenvalue weighted by Crippen LogP contribution is 2.26. The number of aryl methyl sites for hydroxylation is 2. The van der Waals surface area contributed by atoms with Crippen LogP contribution < -0.4 is 0 Å². The second-order valence-corrected chi connectivity index (χ2v) is 8.00. The number of likely N-dealkylation sites (tertiary alicyclic amines) is 1. The van der Waals surface area contributed by atoms with Crippen molar-refractivity contribution in [2.75, 3.05) is 18.8 Å². The zero-order valence-electron chi connectivity index (χ0n) is 12.7. The summed E-state index contributed by atoms with van der Waals surface area (Å²) in [4.78, 5) is 2.65. The normalized spacial score (nSPS) is 21.6. The summed E-state index contributed by atoms with van der Waals surface area (Å²) in [5.74, 6) is 0.794. The highest BCUT2D eigenvalue weighted by molar-refractivity contribution is 7.91. The van der Waals surface area contributed by atoms with Gasteiger partial charge in [-0.3, -0.25) is 0 Å². The molecule has 0 spiro atoms. The van der Waals surface area contributed by atoms with Gasteiger partial charge in [0.2, 0.25) is 0 Å². The van der Waals surface area contributed by atoms with Crippen molar-refractivity contribution in [3.8, 4) is 0 Å². The van der Waals surface area contributed by atoms with Crippen LogP contribution >= 0.6 is 0 Å². The van der Waals surface area contributed by atoms with E-state index in [1.807, 2.05) is 0 Å². The zero-order valence-corrected chi connectivity index (χ0v) is 13.5. The molecule has 1 aliphatic heterocycles. The van der Waals surface area contributed by atoms with Gasteiger partial charge >= 0.3 is 0 Å². The van der Waals surface area contributed by atoms with Gasteiger partial charge in [-0.2, -0.15) is 0 Å². The molecule has 0 aliphatic carbocycles. The van der Waals surface area contributed by atoms with Crippen molar-refractivity contribution in [2.24, 2.45) is 5.92 Å². The van der Waals surface area contributed by atoms with Crippen LogP contribution in [0.4, 0.5) is 0 Å². The summed E-state index contributed by atoms with van der Waals surface area (Å²) < 4.78 is 30.1. The number of nitrogens with zero attached hydrogens (tertiary/aromatic N) is 2. The van der Waals surface area contributed by atoms with E-state index in [-0.39, 0.29) is 11.7 Å². The topological polar surface area (TPSA) is 63.4 Å². The minimum absolute atomic E-state index is 0.194. The molecule has 1 atom stereocenters. The Morgan fingerprint density at radius 3 is 2.65 bits per heavy atom. The third-order valence-electron chi connectivity index (χ3n) is 4.01. The number of sulfone groups is 1. The summed E-state index contributed by atoms with van der Waals surface area (Å²) in [6.45, 7) is 9.59. The molecule has 0 saturated carbocycles. The van der Waals surface area contributed by atoms with Gasteiger partial charge in [-0.25, -0.2) is 8.42 Å². The van der Waals surface area contributed by atoms with Gasteiger partial charge < -0.3 is 9.42 Å². The van der Waals surface area contributed by atoms with Crippen LogP contribution in [0.25, 0.3) is 0 Å². The lowest BCUT2D eigenvalue weighted by Crippen LogP contribution is -2.41. The Labute approximate surface area is 121 Å². The Morgan fingerprint density at radius 1 is 1.40 bits per heavy atom. The lowest BCUT2D eigenvalue weighted by Gasteiger charge is -2.35. The summed E-state index contributed by atoms with van der Waals surface area (Å²) in [6.07, 6.45) is 2.05. The highest BCUT2D eigenvalue weighted by Gasteiger charge is 2.30. The molecule has 0 amide bonds. The maximum Gasteiger partial charge on any atom is 0.184 e. The fraction of sp³-hybridized carbons (Fsp3) is 0.786. The molecule has 0 N–H and O–H groups in total. The molecule has 2 rings (SSSR count). The first kappa shape index (κ1) is 15.5. The fourth-order valence-electron chi connectivity index (χ4n) is 3.01. The highest BCUT2D eigenvalue weighted by atomic mass is 32.2. The van der Waals surface area contributed by atoms with Crippen LogP contribution in [0.15, 0.2) is 9.42 Å². The molecule has 1 saturated heterocycles. The van der Waals surface area contributed by atoms with Gasteiger partial charge in [-0.05, 0) is 53.0 Å². The molecule has 6 heteroatoms. The zero-order chi connectivity index (χ0) is 14.9. The lowest BCUT2D eigenvalue weighted by molar-refractivity contribution is 0.148. The third kappa shape index (κ3) is 3.23. The molecular weight excluding hydrogens is 276 g/mol. The first-order chi connectivity index (χ1) is 9.31. The molecule has 2 heterocycles. The molecule has 0 aromatic carbocycles. The monoisotopic (exact) mass is 300 g/mol. The van der Waals surface area contributed by atoms with E-state index >= 15 is 0 Å². The number of aromatic nitrogens is 1. The van der Waals surface area contributed by atoms with Gasteiger partial charge in [-0.15, -0.1) is 0 Å². The maximum atomic E-state index is 12.6. The summed E-state index contributed by atoms with van der Waals surface area (Å²) in [7, 11) is -3.31. The van der Waals surface area contributed by atoms with Gasteiger partial charge in [0.15, 0.2) is 15.6 Å². The van der Waals surface area contributed by atoms with Crippen LogP contribution in [-0.4, -0.2) is 43.4 Å². The first-order valence-electron chi connectivity index (χ1n) is 7.21. The van der Waals surface area contributed by atoms with Gasteiger partial charge in [-0.1, -0.05) is 5.16 Å². The smallest absolute Gasteiger partial charge is 0.184 e. The van der Waals surface area contributed by atoms with Crippen molar-refractivity contribution in [1.82, 2.24) is 10.1 Å². The maximum absolute atomic E-state index is 12.6.